The molecule has 0 unspecified atom stereocenters. The minimum absolute atomic E-state index is 0. The average Bonchev–Trinajstić information content (AvgIpc) is 2.65. The molecular formula is C20H25IN4O. The van der Waals surface area contributed by atoms with Gasteiger partial charge in [-0.2, -0.15) is 5.26 Å². The fourth-order valence-electron chi connectivity index (χ4n) is 2.17. The fourth-order valence-corrected chi connectivity index (χ4v) is 2.17. The average molecular weight is 464 g/mol. The first-order valence-electron chi connectivity index (χ1n) is 8.42. The van der Waals surface area contributed by atoms with E-state index in [4.69, 9.17) is 10.00 Å². The summed E-state index contributed by atoms with van der Waals surface area (Å²) in [6, 6.07) is 17.6. The summed E-state index contributed by atoms with van der Waals surface area (Å²) in [4.78, 5) is 4.55. The standard InChI is InChI=1S/C20H24N4O.HI/c1-3-22-20(24-15-18-8-6-17(14-21)7-9-18)23-12-13-25-19-10-4-16(2)5-11-19;/h4-11H,3,12-13,15H2,1-2H3,(H2,22,23,24);1H. The van der Waals surface area contributed by atoms with Crippen LogP contribution in [0.4, 0.5) is 0 Å². The van der Waals surface area contributed by atoms with Crippen LogP contribution in [0.15, 0.2) is 53.5 Å². The Kier molecular flexibility index (Phi) is 10.2. The minimum Gasteiger partial charge on any atom is -0.492 e. The Labute approximate surface area is 172 Å². The number of benzene rings is 2. The van der Waals surface area contributed by atoms with E-state index in [0.29, 0.717) is 25.3 Å². The van der Waals surface area contributed by atoms with Crippen molar-refractivity contribution in [3.63, 3.8) is 0 Å². The second-order valence-corrected chi connectivity index (χ2v) is 5.59. The van der Waals surface area contributed by atoms with Crippen LogP contribution in [0.5, 0.6) is 5.75 Å². The number of guanidine groups is 1. The number of nitrogens with one attached hydrogen (secondary N) is 2. The van der Waals surface area contributed by atoms with Gasteiger partial charge in [0.25, 0.3) is 0 Å². The van der Waals surface area contributed by atoms with E-state index in [1.54, 1.807) is 12.1 Å². The van der Waals surface area contributed by atoms with Crippen LogP contribution in [-0.2, 0) is 6.54 Å². The zero-order valence-corrected chi connectivity index (χ0v) is 17.5. The molecule has 0 aliphatic carbocycles. The smallest absolute Gasteiger partial charge is 0.191 e. The summed E-state index contributed by atoms with van der Waals surface area (Å²) in [6.45, 7) is 6.65. The summed E-state index contributed by atoms with van der Waals surface area (Å²) in [5, 5.41) is 15.3. The zero-order valence-electron chi connectivity index (χ0n) is 15.2. The van der Waals surface area contributed by atoms with Crippen LogP contribution < -0.4 is 15.4 Å². The lowest BCUT2D eigenvalue weighted by molar-refractivity contribution is 0.322. The van der Waals surface area contributed by atoms with E-state index in [0.717, 1.165) is 23.8 Å². The molecule has 0 heterocycles. The lowest BCUT2D eigenvalue weighted by atomic mass is 10.1. The maximum atomic E-state index is 8.82. The van der Waals surface area contributed by atoms with Gasteiger partial charge in [0.15, 0.2) is 5.96 Å². The molecule has 0 atom stereocenters. The molecule has 0 saturated carbocycles. The molecule has 0 spiro atoms. The van der Waals surface area contributed by atoms with Gasteiger partial charge in [-0.3, -0.25) is 0 Å². The normalized spacial score (nSPS) is 10.4. The highest BCUT2D eigenvalue weighted by Crippen LogP contribution is 2.10. The molecule has 26 heavy (non-hydrogen) atoms. The third kappa shape index (κ3) is 7.74. The van der Waals surface area contributed by atoms with E-state index in [1.165, 1.54) is 5.56 Å². The van der Waals surface area contributed by atoms with Crippen molar-refractivity contribution in [1.29, 1.82) is 5.26 Å². The zero-order chi connectivity index (χ0) is 17.9. The fraction of sp³-hybridized carbons (Fsp3) is 0.300. The number of ether oxygens (including phenoxy) is 1. The third-order valence-electron chi connectivity index (χ3n) is 3.53. The molecule has 6 heteroatoms. The predicted octanol–water partition coefficient (Wildman–Crippen LogP) is 3.62. The summed E-state index contributed by atoms with van der Waals surface area (Å²) < 4.78 is 5.70. The molecule has 0 bridgehead atoms. The van der Waals surface area contributed by atoms with Gasteiger partial charge in [0.1, 0.15) is 12.4 Å². The molecule has 2 N–H and O–H groups in total. The predicted molar refractivity (Wildman–Crippen MR) is 116 cm³/mol. The van der Waals surface area contributed by atoms with Gasteiger partial charge in [-0.25, -0.2) is 4.99 Å². The van der Waals surface area contributed by atoms with Gasteiger partial charge >= 0.3 is 0 Å². The first-order valence-corrected chi connectivity index (χ1v) is 8.42. The summed E-state index contributed by atoms with van der Waals surface area (Å²) in [6.07, 6.45) is 0. The highest BCUT2D eigenvalue weighted by molar-refractivity contribution is 14.0. The molecule has 0 saturated heterocycles. The van der Waals surface area contributed by atoms with Crippen LogP contribution in [0.1, 0.15) is 23.6 Å². The second-order valence-electron chi connectivity index (χ2n) is 5.59. The van der Waals surface area contributed by atoms with Crippen LogP contribution >= 0.6 is 24.0 Å². The van der Waals surface area contributed by atoms with Gasteiger partial charge in [-0.1, -0.05) is 29.8 Å². The SMILES string of the molecule is CCNC(=NCc1ccc(C#N)cc1)NCCOc1ccc(C)cc1.I. The molecule has 0 amide bonds. The van der Waals surface area contributed by atoms with Crippen molar-refractivity contribution >= 4 is 29.9 Å². The van der Waals surface area contributed by atoms with Crippen molar-refractivity contribution in [2.24, 2.45) is 4.99 Å². The maximum absolute atomic E-state index is 8.82. The van der Waals surface area contributed by atoms with E-state index in [-0.39, 0.29) is 24.0 Å². The summed E-state index contributed by atoms with van der Waals surface area (Å²) in [5.41, 5.74) is 2.94. The molecule has 0 radical (unpaired) electrons. The lowest BCUT2D eigenvalue weighted by Crippen LogP contribution is -2.39. The van der Waals surface area contributed by atoms with Crippen molar-refractivity contribution in [1.82, 2.24) is 10.6 Å². The highest BCUT2D eigenvalue weighted by Gasteiger charge is 1.99. The van der Waals surface area contributed by atoms with E-state index in [1.807, 2.05) is 43.3 Å². The van der Waals surface area contributed by atoms with Crippen molar-refractivity contribution in [3.8, 4) is 11.8 Å². The molecule has 2 aromatic carbocycles. The maximum Gasteiger partial charge on any atom is 0.191 e. The first-order chi connectivity index (χ1) is 12.2. The summed E-state index contributed by atoms with van der Waals surface area (Å²) in [5.74, 6) is 1.62. The molecule has 138 valence electrons. The van der Waals surface area contributed by atoms with Crippen LogP contribution in [-0.4, -0.2) is 25.7 Å². The number of nitrogens with zero attached hydrogens (tertiary/aromatic N) is 2. The molecular weight excluding hydrogens is 439 g/mol. The van der Waals surface area contributed by atoms with Gasteiger partial charge in [-0.15, -0.1) is 24.0 Å². The number of aryl methyl sites for hydroxylation is 1. The van der Waals surface area contributed by atoms with Gasteiger partial charge in [0, 0.05) is 6.54 Å². The molecule has 2 rings (SSSR count). The Bertz CT molecular complexity index is 721. The second kappa shape index (κ2) is 12.1. The van der Waals surface area contributed by atoms with Crippen molar-refractivity contribution in [2.45, 2.75) is 20.4 Å². The monoisotopic (exact) mass is 464 g/mol. The molecule has 0 aliphatic rings. The third-order valence-corrected chi connectivity index (χ3v) is 3.53. The Morgan fingerprint density at radius 2 is 1.77 bits per heavy atom. The van der Waals surface area contributed by atoms with Gasteiger partial charge in [0.05, 0.1) is 24.7 Å². The van der Waals surface area contributed by atoms with Gasteiger partial charge in [0.2, 0.25) is 0 Å². The van der Waals surface area contributed by atoms with Crippen molar-refractivity contribution < 1.29 is 4.74 Å². The number of nitriles is 1. The van der Waals surface area contributed by atoms with Crippen LogP contribution in [0, 0.1) is 18.3 Å². The van der Waals surface area contributed by atoms with E-state index < -0.39 is 0 Å². The quantitative estimate of drug-likeness (QED) is 0.284. The van der Waals surface area contributed by atoms with Crippen molar-refractivity contribution in [3.05, 3.63) is 65.2 Å². The van der Waals surface area contributed by atoms with Crippen LogP contribution in [0.3, 0.4) is 0 Å². The van der Waals surface area contributed by atoms with Gasteiger partial charge < -0.3 is 15.4 Å². The lowest BCUT2D eigenvalue weighted by Gasteiger charge is -2.12. The number of aliphatic imine (C=N–C) groups is 1. The van der Waals surface area contributed by atoms with Crippen molar-refractivity contribution in [2.75, 3.05) is 19.7 Å². The number of hydrogen-bond acceptors (Lipinski definition) is 3. The van der Waals surface area contributed by atoms with E-state index >= 15 is 0 Å². The number of hydrogen-bond donors (Lipinski definition) is 2. The molecule has 0 aromatic heterocycles. The highest BCUT2D eigenvalue weighted by atomic mass is 127. The minimum atomic E-state index is 0. The van der Waals surface area contributed by atoms with E-state index in [9.17, 15) is 0 Å². The Hall–Kier alpha value is -2.27. The topological polar surface area (TPSA) is 69.4 Å². The van der Waals surface area contributed by atoms with Gasteiger partial charge in [-0.05, 0) is 43.7 Å². The summed E-state index contributed by atoms with van der Waals surface area (Å²) in [7, 11) is 0. The number of halogens is 1. The van der Waals surface area contributed by atoms with Crippen LogP contribution in [0.25, 0.3) is 0 Å². The Morgan fingerprint density at radius 3 is 2.38 bits per heavy atom. The molecule has 2 aromatic rings. The van der Waals surface area contributed by atoms with Crippen LogP contribution in [0.2, 0.25) is 0 Å². The Morgan fingerprint density at radius 1 is 1.08 bits per heavy atom. The largest absolute Gasteiger partial charge is 0.492 e. The molecule has 5 nitrogen and oxygen atoms in total. The summed E-state index contributed by atoms with van der Waals surface area (Å²) >= 11 is 0. The first kappa shape index (κ1) is 21.8. The molecule has 0 aliphatic heterocycles. The number of rotatable bonds is 7. The molecule has 0 fully saturated rings. The Balaban J connectivity index is 0.00000338. The van der Waals surface area contributed by atoms with E-state index in [2.05, 4.69) is 28.6 Å².